The van der Waals surface area contributed by atoms with E-state index in [-0.39, 0.29) is 59.4 Å². The molecule has 1 saturated heterocycles. The van der Waals surface area contributed by atoms with Crippen LogP contribution in [0.15, 0.2) is 11.6 Å². The number of allylic oxidation sites excluding steroid dienone is 2. The highest BCUT2D eigenvalue weighted by atomic mass is 16.7. The van der Waals surface area contributed by atoms with Crippen LogP contribution in [0.4, 0.5) is 0 Å². The molecule has 0 amide bonds. The highest BCUT2D eigenvalue weighted by Gasteiger charge is 2.70. The molecule has 4 saturated carbocycles. The van der Waals surface area contributed by atoms with Crippen molar-refractivity contribution in [3.05, 3.63) is 11.6 Å². The van der Waals surface area contributed by atoms with E-state index >= 15 is 0 Å². The first kappa shape index (κ1) is 32.9. The van der Waals surface area contributed by atoms with Crippen molar-refractivity contribution < 1.29 is 44.9 Å². The van der Waals surface area contributed by atoms with Gasteiger partial charge in [-0.15, -0.1) is 0 Å². The number of aliphatic hydroxyl groups is 5. The lowest BCUT2D eigenvalue weighted by Gasteiger charge is -2.71. The van der Waals surface area contributed by atoms with Crippen LogP contribution >= 0.6 is 0 Å². The first-order chi connectivity index (χ1) is 20.5. The largest absolute Gasteiger partial charge is 0.481 e. The van der Waals surface area contributed by atoms with Crippen molar-refractivity contribution in [2.24, 2.45) is 50.2 Å². The Balaban J connectivity index is 1.32. The number of hydrogen-bond donors (Lipinski definition) is 6. The number of fused-ring (bicyclic) bond motifs is 7. The van der Waals surface area contributed by atoms with Crippen molar-refractivity contribution in [3.63, 3.8) is 0 Å². The predicted molar refractivity (Wildman–Crippen MR) is 162 cm³/mol. The lowest BCUT2D eigenvalue weighted by Crippen LogP contribution is -2.66. The molecule has 9 nitrogen and oxygen atoms in total. The van der Waals surface area contributed by atoms with Crippen LogP contribution in [-0.2, 0) is 14.3 Å². The van der Waals surface area contributed by atoms with Gasteiger partial charge in [-0.05, 0) is 104 Å². The molecule has 44 heavy (non-hydrogen) atoms. The average molecular weight is 621 g/mol. The van der Waals surface area contributed by atoms with Gasteiger partial charge in [0, 0.05) is 12.0 Å². The fourth-order valence-corrected chi connectivity index (χ4v) is 12.0. The third-order valence-corrected chi connectivity index (χ3v) is 15.1. The number of ether oxygens (including phenoxy) is 2. The summed E-state index contributed by atoms with van der Waals surface area (Å²) in [5.41, 5.74) is -0.600. The number of aliphatic carboxylic acids is 1. The third kappa shape index (κ3) is 4.32. The molecule has 0 aromatic heterocycles. The van der Waals surface area contributed by atoms with Crippen LogP contribution in [0, 0.1) is 50.2 Å². The zero-order valence-electron chi connectivity index (χ0n) is 27.3. The number of aliphatic hydroxyl groups excluding tert-OH is 5. The Kier molecular flexibility index (Phi) is 8.01. The topological polar surface area (TPSA) is 157 Å². The Morgan fingerprint density at radius 3 is 2.27 bits per heavy atom. The summed E-state index contributed by atoms with van der Waals surface area (Å²) in [5, 5.41) is 62.7. The van der Waals surface area contributed by atoms with Crippen LogP contribution in [0.1, 0.15) is 98.8 Å². The van der Waals surface area contributed by atoms with Crippen molar-refractivity contribution in [2.45, 2.75) is 130 Å². The minimum Gasteiger partial charge on any atom is -0.481 e. The summed E-state index contributed by atoms with van der Waals surface area (Å²) in [6.45, 7) is 11.3. The van der Waals surface area contributed by atoms with E-state index in [4.69, 9.17) is 9.47 Å². The van der Waals surface area contributed by atoms with Crippen molar-refractivity contribution in [3.8, 4) is 0 Å². The Bertz CT molecular complexity index is 1170. The van der Waals surface area contributed by atoms with Crippen LogP contribution in [0.25, 0.3) is 0 Å². The van der Waals surface area contributed by atoms with E-state index in [1.54, 1.807) is 0 Å². The molecule has 9 heteroatoms. The van der Waals surface area contributed by atoms with E-state index in [0.29, 0.717) is 31.6 Å². The first-order valence-electron chi connectivity index (χ1n) is 17.0. The van der Waals surface area contributed by atoms with Crippen molar-refractivity contribution in [2.75, 3.05) is 19.8 Å². The smallest absolute Gasteiger partial charge is 0.310 e. The molecule has 6 aliphatic rings. The molecule has 5 fully saturated rings. The summed E-state index contributed by atoms with van der Waals surface area (Å²) < 4.78 is 12.0. The van der Waals surface area contributed by atoms with Gasteiger partial charge in [-0.2, -0.15) is 0 Å². The van der Waals surface area contributed by atoms with Crippen LogP contribution in [0.3, 0.4) is 0 Å². The third-order valence-electron chi connectivity index (χ3n) is 15.1. The summed E-state index contributed by atoms with van der Waals surface area (Å²) in [4.78, 5) is 12.9. The Morgan fingerprint density at radius 1 is 0.909 bits per heavy atom. The minimum absolute atomic E-state index is 0.0486. The number of rotatable bonds is 5. The quantitative estimate of drug-likeness (QED) is 0.200. The molecule has 6 N–H and O–H groups in total. The number of carboxylic acid groups (broad SMARTS) is 1. The van der Waals surface area contributed by atoms with Gasteiger partial charge >= 0.3 is 5.97 Å². The molecule has 2 unspecified atom stereocenters. The molecule has 6 rings (SSSR count). The summed E-state index contributed by atoms with van der Waals surface area (Å²) in [7, 11) is 0. The van der Waals surface area contributed by atoms with Crippen molar-refractivity contribution in [1.29, 1.82) is 0 Å². The first-order valence-corrected chi connectivity index (χ1v) is 17.0. The maximum Gasteiger partial charge on any atom is 0.310 e. The van der Waals surface area contributed by atoms with E-state index in [1.807, 2.05) is 0 Å². The van der Waals surface area contributed by atoms with Crippen LogP contribution in [-0.4, -0.2) is 87.1 Å². The van der Waals surface area contributed by atoms with Gasteiger partial charge in [0.25, 0.3) is 0 Å². The molecule has 0 radical (unpaired) electrons. The second-order valence-corrected chi connectivity index (χ2v) is 17.1. The van der Waals surface area contributed by atoms with Gasteiger partial charge in [0.2, 0.25) is 0 Å². The van der Waals surface area contributed by atoms with E-state index in [0.717, 1.165) is 38.5 Å². The van der Waals surface area contributed by atoms with E-state index in [9.17, 15) is 35.4 Å². The lowest BCUT2D eigenvalue weighted by atomic mass is 9.33. The van der Waals surface area contributed by atoms with Gasteiger partial charge < -0.3 is 40.1 Å². The molecule has 0 bridgehead atoms. The Morgan fingerprint density at radius 2 is 1.61 bits per heavy atom. The minimum atomic E-state index is -1.37. The lowest BCUT2D eigenvalue weighted by molar-refractivity contribution is -0.312. The van der Waals surface area contributed by atoms with Gasteiger partial charge in [0.05, 0.1) is 24.7 Å². The van der Waals surface area contributed by atoms with E-state index < -0.39 is 41.4 Å². The SMILES string of the molecule is C[C@]1(CO)CC[C@]2(C(=O)O)CC[C@]3(C)C(=CCC4[C@@]5(C)CC[C@H](O[C@@H]6OC[C@H](O)[C@H](O)[C@H]6O)[C@@](C)(CO)C5CC[C@]43C)[C@@H]2C1. The summed E-state index contributed by atoms with van der Waals surface area (Å²) in [6.07, 6.45) is 4.93. The zero-order valence-corrected chi connectivity index (χ0v) is 27.3. The van der Waals surface area contributed by atoms with E-state index in [1.165, 1.54) is 5.57 Å². The molecule has 5 aliphatic carbocycles. The second kappa shape index (κ2) is 10.7. The van der Waals surface area contributed by atoms with Crippen molar-refractivity contribution >= 4 is 5.97 Å². The Hall–Kier alpha value is -1.07. The maximum atomic E-state index is 12.9. The maximum absolute atomic E-state index is 12.9. The van der Waals surface area contributed by atoms with Gasteiger partial charge in [-0.1, -0.05) is 46.3 Å². The standard InChI is InChI=1S/C35H56O9/c1-30(18-36)12-14-35(29(41)42)15-13-33(4)20(21(35)16-30)6-7-24-31(2)10-9-25(44-28-27(40)26(39)22(38)17-43-28)32(3,19-37)23(31)8-11-34(24,33)5/h6,21-28,36-40H,7-19H2,1-5H3,(H,41,42)/t21-,22-,23?,24?,25-,26-,27+,28-,30-,31-,32-,33+,34+,35-/m0/s1. The van der Waals surface area contributed by atoms with Crippen LogP contribution in [0.2, 0.25) is 0 Å². The monoisotopic (exact) mass is 620 g/mol. The Labute approximate surface area is 262 Å². The van der Waals surface area contributed by atoms with Gasteiger partial charge in [-0.3, -0.25) is 4.79 Å². The van der Waals surface area contributed by atoms with Crippen LogP contribution < -0.4 is 0 Å². The summed E-state index contributed by atoms with van der Waals surface area (Å²) >= 11 is 0. The predicted octanol–water partition coefficient (Wildman–Crippen LogP) is 3.64. The highest BCUT2D eigenvalue weighted by molar-refractivity contribution is 5.76. The normalized spacial score (nSPS) is 55.5. The highest BCUT2D eigenvalue weighted by Crippen LogP contribution is 2.76. The van der Waals surface area contributed by atoms with Gasteiger partial charge in [0.1, 0.15) is 18.3 Å². The zero-order chi connectivity index (χ0) is 32.1. The second-order valence-electron chi connectivity index (χ2n) is 17.1. The fourth-order valence-electron chi connectivity index (χ4n) is 12.0. The van der Waals surface area contributed by atoms with Crippen LogP contribution in [0.5, 0.6) is 0 Å². The summed E-state index contributed by atoms with van der Waals surface area (Å²) in [5.74, 6) is -0.260. The molecular formula is C35H56O9. The average Bonchev–Trinajstić information content (AvgIpc) is 2.99. The number of carboxylic acids is 1. The number of hydrogen-bond acceptors (Lipinski definition) is 8. The fraction of sp³-hybridized carbons (Fsp3) is 0.914. The van der Waals surface area contributed by atoms with Crippen molar-refractivity contribution in [1.82, 2.24) is 0 Å². The molecule has 14 atom stereocenters. The molecule has 0 spiro atoms. The molecule has 250 valence electrons. The molecule has 0 aromatic carbocycles. The molecule has 0 aromatic rings. The van der Waals surface area contributed by atoms with Gasteiger partial charge in [-0.25, -0.2) is 0 Å². The van der Waals surface area contributed by atoms with Gasteiger partial charge in [0.15, 0.2) is 6.29 Å². The molecular weight excluding hydrogens is 564 g/mol. The molecule has 1 heterocycles. The molecule has 1 aliphatic heterocycles. The van der Waals surface area contributed by atoms with E-state index in [2.05, 4.69) is 40.7 Å². The number of carbonyl (C=O) groups is 1. The summed E-state index contributed by atoms with van der Waals surface area (Å²) in [6, 6.07) is 0.